The van der Waals surface area contributed by atoms with Gasteiger partial charge < -0.3 is 9.42 Å². The molecule has 1 amide bonds. The second kappa shape index (κ2) is 5.39. The second-order valence-corrected chi connectivity index (χ2v) is 6.50. The molecule has 2 fully saturated rings. The lowest BCUT2D eigenvalue weighted by molar-refractivity contribution is -0.128. The molecule has 2 aromatic rings. The fraction of sp³-hybridized carbons (Fsp3) is 0.438. The van der Waals surface area contributed by atoms with Crippen LogP contribution in [0.2, 0.25) is 5.02 Å². The lowest BCUT2D eigenvalue weighted by Crippen LogP contribution is -2.24. The summed E-state index contributed by atoms with van der Waals surface area (Å²) >= 11 is 5.88. The van der Waals surface area contributed by atoms with Crippen LogP contribution in [0.25, 0.3) is 0 Å². The van der Waals surface area contributed by atoms with Crippen molar-refractivity contribution in [3.63, 3.8) is 0 Å². The average Bonchev–Trinajstić information content (AvgIpc) is 3.13. The number of likely N-dealkylation sites (tertiary alicyclic amines) is 1. The molecule has 0 radical (unpaired) electrons. The van der Waals surface area contributed by atoms with Gasteiger partial charge >= 0.3 is 0 Å². The molecule has 2 heterocycles. The molecule has 5 nitrogen and oxygen atoms in total. The van der Waals surface area contributed by atoms with Crippen molar-refractivity contribution in [2.75, 3.05) is 6.54 Å². The molecule has 1 unspecified atom stereocenters. The molecule has 6 heteroatoms. The number of rotatable bonds is 4. The number of nitrogens with zero attached hydrogens (tertiary/aromatic N) is 3. The van der Waals surface area contributed by atoms with Crippen LogP contribution in [0.15, 0.2) is 28.8 Å². The molecule has 1 atom stereocenters. The van der Waals surface area contributed by atoms with Crippen molar-refractivity contribution in [1.29, 1.82) is 0 Å². The maximum absolute atomic E-state index is 12.2. The number of benzene rings is 1. The molecule has 0 N–H and O–H groups in total. The Hall–Kier alpha value is -1.88. The number of carbonyl (C=O) groups is 1. The van der Waals surface area contributed by atoms with Crippen LogP contribution in [0.1, 0.15) is 48.4 Å². The van der Waals surface area contributed by atoms with E-state index in [4.69, 9.17) is 16.1 Å². The Labute approximate surface area is 133 Å². The molecule has 0 spiro atoms. The summed E-state index contributed by atoms with van der Waals surface area (Å²) < 4.78 is 5.36. The summed E-state index contributed by atoms with van der Waals surface area (Å²) in [6.45, 7) is 1.23. The van der Waals surface area contributed by atoms with E-state index < -0.39 is 0 Å². The second-order valence-electron chi connectivity index (χ2n) is 6.07. The summed E-state index contributed by atoms with van der Waals surface area (Å²) in [5, 5.41) is 4.74. The van der Waals surface area contributed by atoms with Crippen molar-refractivity contribution in [2.45, 2.75) is 37.6 Å². The van der Waals surface area contributed by atoms with Gasteiger partial charge in [0.1, 0.15) is 0 Å². The minimum absolute atomic E-state index is 0.0137. The standard InChI is InChI=1S/C16H16ClN3O2/c17-13-5-1-10(2-6-13)8-20-9-12(7-14(20)21)16-18-15(19-22-16)11-3-4-11/h1-2,5-6,11-12H,3-4,7-9H2. The van der Waals surface area contributed by atoms with Crippen LogP contribution in [0.5, 0.6) is 0 Å². The highest BCUT2D eigenvalue weighted by Gasteiger charge is 2.36. The zero-order valence-corrected chi connectivity index (χ0v) is 12.8. The number of hydrogen-bond donors (Lipinski definition) is 0. The number of amides is 1. The topological polar surface area (TPSA) is 59.2 Å². The van der Waals surface area contributed by atoms with Crippen molar-refractivity contribution < 1.29 is 9.32 Å². The fourth-order valence-corrected chi connectivity index (χ4v) is 2.95. The normalized spacial score (nSPS) is 21.6. The van der Waals surface area contributed by atoms with Crippen LogP contribution < -0.4 is 0 Å². The Morgan fingerprint density at radius 3 is 2.73 bits per heavy atom. The van der Waals surface area contributed by atoms with Crippen molar-refractivity contribution >= 4 is 17.5 Å². The van der Waals surface area contributed by atoms with E-state index in [2.05, 4.69) is 10.1 Å². The summed E-state index contributed by atoms with van der Waals surface area (Å²) in [4.78, 5) is 18.5. The third kappa shape index (κ3) is 2.73. The summed E-state index contributed by atoms with van der Waals surface area (Å²) in [5.41, 5.74) is 1.07. The SMILES string of the molecule is O=C1CC(c2nc(C3CC3)no2)CN1Cc1ccc(Cl)cc1. The summed E-state index contributed by atoms with van der Waals surface area (Å²) in [6.07, 6.45) is 2.73. The Bertz CT molecular complexity index is 694. The van der Waals surface area contributed by atoms with Gasteiger partial charge in [-0.05, 0) is 30.5 Å². The first-order valence-electron chi connectivity index (χ1n) is 7.55. The molecule has 0 bridgehead atoms. The van der Waals surface area contributed by atoms with E-state index in [-0.39, 0.29) is 11.8 Å². The van der Waals surface area contributed by atoms with E-state index in [0.717, 1.165) is 24.2 Å². The monoisotopic (exact) mass is 317 g/mol. The first-order chi connectivity index (χ1) is 10.7. The van der Waals surface area contributed by atoms with Crippen molar-refractivity contribution in [3.8, 4) is 0 Å². The molecule has 1 saturated carbocycles. The Morgan fingerprint density at radius 1 is 1.23 bits per heavy atom. The summed E-state index contributed by atoms with van der Waals surface area (Å²) in [7, 11) is 0. The molecule has 1 aromatic heterocycles. The van der Waals surface area contributed by atoms with E-state index in [1.54, 1.807) is 0 Å². The lowest BCUT2D eigenvalue weighted by Gasteiger charge is -2.16. The third-order valence-electron chi connectivity index (χ3n) is 4.25. The highest BCUT2D eigenvalue weighted by Crippen LogP contribution is 2.39. The molecule has 1 aliphatic carbocycles. The van der Waals surface area contributed by atoms with E-state index in [1.807, 2.05) is 29.2 Å². The average molecular weight is 318 g/mol. The van der Waals surface area contributed by atoms with Crippen LogP contribution in [-0.2, 0) is 11.3 Å². The Balaban J connectivity index is 1.44. The van der Waals surface area contributed by atoms with Crippen LogP contribution in [0.3, 0.4) is 0 Å². The minimum Gasteiger partial charge on any atom is -0.339 e. The van der Waals surface area contributed by atoms with Crippen LogP contribution in [0, 0.1) is 0 Å². The smallest absolute Gasteiger partial charge is 0.232 e. The van der Waals surface area contributed by atoms with E-state index in [9.17, 15) is 4.79 Å². The molecule has 1 aromatic carbocycles. The molecular weight excluding hydrogens is 302 g/mol. The fourth-order valence-electron chi connectivity index (χ4n) is 2.82. The van der Waals surface area contributed by atoms with Crippen LogP contribution in [0.4, 0.5) is 0 Å². The van der Waals surface area contributed by atoms with Gasteiger partial charge in [0, 0.05) is 30.5 Å². The Kier molecular flexibility index (Phi) is 3.37. The van der Waals surface area contributed by atoms with Crippen LogP contribution in [-0.4, -0.2) is 27.5 Å². The van der Waals surface area contributed by atoms with Gasteiger partial charge in [0.15, 0.2) is 5.82 Å². The van der Waals surface area contributed by atoms with Gasteiger partial charge in [-0.1, -0.05) is 28.9 Å². The lowest BCUT2D eigenvalue weighted by atomic mass is 10.1. The number of carbonyl (C=O) groups excluding carboxylic acids is 1. The highest BCUT2D eigenvalue weighted by atomic mass is 35.5. The zero-order chi connectivity index (χ0) is 15.1. The van der Waals surface area contributed by atoms with Crippen LogP contribution >= 0.6 is 11.6 Å². The molecule has 1 aliphatic heterocycles. The minimum atomic E-state index is 0.0137. The molecule has 4 rings (SSSR count). The first kappa shape index (κ1) is 13.8. The zero-order valence-electron chi connectivity index (χ0n) is 12.0. The van der Waals surface area contributed by atoms with Crippen molar-refractivity contribution in [2.24, 2.45) is 0 Å². The third-order valence-corrected chi connectivity index (χ3v) is 4.50. The van der Waals surface area contributed by atoms with Crippen molar-refractivity contribution in [1.82, 2.24) is 15.0 Å². The number of hydrogen-bond acceptors (Lipinski definition) is 4. The van der Waals surface area contributed by atoms with E-state index in [1.165, 1.54) is 0 Å². The first-order valence-corrected chi connectivity index (χ1v) is 7.92. The van der Waals surface area contributed by atoms with Gasteiger partial charge in [0.2, 0.25) is 11.8 Å². The van der Waals surface area contributed by atoms with Gasteiger partial charge in [-0.25, -0.2) is 0 Å². The van der Waals surface area contributed by atoms with Crippen molar-refractivity contribution in [3.05, 3.63) is 46.6 Å². The van der Waals surface area contributed by atoms with E-state index in [0.29, 0.717) is 36.3 Å². The van der Waals surface area contributed by atoms with Gasteiger partial charge in [-0.3, -0.25) is 4.79 Å². The van der Waals surface area contributed by atoms with Gasteiger partial charge in [0.05, 0.1) is 5.92 Å². The predicted octanol–water partition coefficient (Wildman–Crippen LogP) is 3.12. The number of aromatic nitrogens is 2. The molecule has 22 heavy (non-hydrogen) atoms. The van der Waals surface area contributed by atoms with Gasteiger partial charge in [0.25, 0.3) is 0 Å². The molecule has 1 saturated heterocycles. The summed E-state index contributed by atoms with van der Waals surface area (Å²) in [6, 6.07) is 7.57. The van der Waals surface area contributed by atoms with Gasteiger partial charge in [-0.15, -0.1) is 0 Å². The Morgan fingerprint density at radius 2 is 2.00 bits per heavy atom. The van der Waals surface area contributed by atoms with Gasteiger partial charge in [-0.2, -0.15) is 4.98 Å². The predicted molar refractivity (Wildman–Crippen MR) is 80.5 cm³/mol. The summed E-state index contributed by atoms with van der Waals surface area (Å²) in [5.74, 6) is 2.03. The largest absolute Gasteiger partial charge is 0.339 e. The molecule has 2 aliphatic rings. The molecule has 114 valence electrons. The van der Waals surface area contributed by atoms with E-state index >= 15 is 0 Å². The molecular formula is C16H16ClN3O2. The maximum Gasteiger partial charge on any atom is 0.232 e. The maximum atomic E-state index is 12.2. The number of halogens is 1. The quantitative estimate of drug-likeness (QED) is 0.869. The highest BCUT2D eigenvalue weighted by molar-refractivity contribution is 6.30.